The van der Waals surface area contributed by atoms with Gasteiger partial charge in [0.2, 0.25) is 5.91 Å². The Hall–Kier alpha value is -2.08. The molecule has 1 aliphatic heterocycles. The number of amides is 1. The SMILES string of the molecule is CCNc1ccc(C(=O)OCC)cc1NC(=O)C1CC12CCNCC2. The molecule has 1 amide bonds. The van der Waals surface area contributed by atoms with Crippen molar-refractivity contribution in [1.29, 1.82) is 0 Å². The number of carbonyl (C=O) groups is 2. The second-order valence-corrected chi connectivity index (χ2v) is 6.87. The molecule has 0 aromatic heterocycles. The minimum Gasteiger partial charge on any atom is -0.462 e. The van der Waals surface area contributed by atoms with E-state index >= 15 is 0 Å². The Balaban J connectivity index is 1.74. The van der Waals surface area contributed by atoms with Gasteiger partial charge in [0.1, 0.15) is 0 Å². The van der Waals surface area contributed by atoms with Gasteiger partial charge in [0.05, 0.1) is 23.5 Å². The fraction of sp³-hybridized carbons (Fsp3) is 0.579. The summed E-state index contributed by atoms with van der Waals surface area (Å²) >= 11 is 0. The van der Waals surface area contributed by atoms with E-state index in [0.717, 1.165) is 44.6 Å². The van der Waals surface area contributed by atoms with Gasteiger partial charge in [-0.05, 0) is 69.8 Å². The fourth-order valence-electron chi connectivity index (χ4n) is 3.75. The Kier molecular flexibility index (Phi) is 5.27. The van der Waals surface area contributed by atoms with Crippen molar-refractivity contribution in [2.45, 2.75) is 33.1 Å². The molecule has 1 spiro atoms. The van der Waals surface area contributed by atoms with Crippen LogP contribution in [0.3, 0.4) is 0 Å². The zero-order valence-electron chi connectivity index (χ0n) is 15.0. The summed E-state index contributed by atoms with van der Waals surface area (Å²) in [6.45, 7) is 6.82. The van der Waals surface area contributed by atoms with Crippen molar-refractivity contribution < 1.29 is 14.3 Å². The fourth-order valence-corrected chi connectivity index (χ4v) is 3.75. The molecule has 1 atom stereocenters. The number of nitrogens with one attached hydrogen (secondary N) is 3. The highest BCUT2D eigenvalue weighted by atomic mass is 16.5. The summed E-state index contributed by atoms with van der Waals surface area (Å²) in [5.41, 5.74) is 2.11. The lowest BCUT2D eigenvalue weighted by atomic mass is 9.91. The molecule has 1 aromatic carbocycles. The Morgan fingerprint density at radius 3 is 2.68 bits per heavy atom. The van der Waals surface area contributed by atoms with E-state index in [0.29, 0.717) is 17.9 Å². The van der Waals surface area contributed by atoms with Crippen molar-refractivity contribution in [3.63, 3.8) is 0 Å². The summed E-state index contributed by atoms with van der Waals surface area (Å²) in [4.78, 5) is 24.7. The van der Waals surface area contributed by atoms with Crippen molar-refractivity contribution >= 4 is 23.3 Å². The highest BCUT2D eigenvalue weighted by molar-refractivity contribution is 6.00. The second kappa shape index (κ2) is 7.44. The topological polar surface area (TPSA) is 79.5 Å². The summed E-state index contributed by atoms with van der Waals surface area (Å²) in [5.74, 6) is -0.236. The molecule has 1 saturated heterocycles. The van der Waals surface area contributed by atoms with Crippen LogP contribution >= 0.6 is 0 Å². The number of hydrogen-bond acceptors (Lipinski definition) is 5. The Labute approximate surface area is 148 Å². The number of ether oxygens (including phenoxy) is 1. The van der Waals surface area contributed by atoms with Gasteiger partial charge in [-0.2, -0.15) is 0 Å². The lowest BCUT2D eigenvalue weighted by molar-refractivity contribution is -0.118. The van der Waals surface area contributed by atoms with Crippen LogP contribution in [0.4, 0.5) is 11.4 Å². The van der Waals surface area contributed by atoms with E-state index < -0.39 is 0 Å². The van der Waals surface area contributed by atoms with Crippen molar-refractivity contribution in [3.8, 4) is 0 Å². The summed E-state index contributed by atoms with van der Waals surface area (Å²) < 4.78 is 5.06. The number of esters is 1. The number of anilines is 2. The van der Waals surface area contributed by atoms with Crippen LogP contribution in [0.15, 0.2) is 18.2 Å². The summed E-state index contributed by atoms with van der Waals surface area (Å²) in [5, 5.41) is 9.62. The molecule has 1 saturated carbocycles. The third-order valence-electron chi connectivity index (χ3n) is 5.26. The van der Waals surface area contributed by atoms with Crippen LogP contribution in [-0.4, -0.2) is 38.1 Å². The number of benzene rings is 1. The molecule has 1 aromatic rings. The van der Waals surface area contributed by atoms with Gasteiger partial charge in [-0.3, -0.25) is 4.79 Å². The van der Waals surface area contributed by atoms with Gasteiger partial charge in [0.25, 0.3) is 0 Å². The maximum atomic E-state index is 12.7. The molecule has 3 rings (SSSR count). The summed E-state index contributed by atoms with van der Waals surface area (Å²) in [6.07, 6.45) is 3.09. The average molecular weight is 345 g/mol. The first kappa shape index (κ1) is 17.7. The molecule has 2 fully saturated rings. The first-order valence-electron chi connectivity index (χ1n) is 9.16. The van der Waals surface area contributed by atoms with E-state index in [1.54, 1.807) is 19.1 Å². The number of rotatable bonds is 6. The lowest BCUT2D eigenvalue weighted by Crippen LogP contribution is -2.31. The highest BCUT2D eigenvalue weighted by Gasteiger charge is 2.57. The maximum Gasteiger partial charge on any atom is 0.338 e. The van der Waals surface area contributed by atoms with E-state index in [1.807, 2.05) is 13.0 Å². The van der Waals surface area contributed by atoms with Gasteiger partial charge in [-0.1, -0.05) is 0 Å². The molecule has 0 bridgehead atoms. The zero-order valence-corrected chi connectivity index (χ0v) is 15.0. The molecule has 0 radical (unpaired) electrons. The number of piperidine rings is 1. The second-order valence-electron chi connectivity index (χ2n) is 6.87. The first-order valence-corrected chi connectivity index (χ1v) is 9.16. The van der Waals surface area contributed by atoms with Gasteiger partial charge in [0, 0.05) is 12.5 Å². The summed E-state index contributed by atoms with van der Waals surface area (Å²) in [7, 11) is 0. The van der Waals surface area contributed by atoms with Crippen molar-refractivity contribution in [3.05, 3.63) is 23.8 Å². The Bertz CT molecular complexity index is 653. The molecule has 3 N–H and O–H groups in total. The van der Waals surface area contributed by atoms with Crippen LogP contribution < -0.4 is 16.0 Å². The van der Waals surface area contributed by atoms with Crippen molar-refractivity contribution in [2.24, 2.45) is 11.3 Å². The minimum atomic E-state index is -0.373. The van der Waals surface area contributed by atoms with Crippen molar-refractivity contribution in [1.82, 2.24) is 5.32 Å². The molecular weight excluding hydrogens is 318 g/mol. The van der Waals surface area contributed by atoms with E-state index in [-0.39, 0.29) is 23.2 Å². The highest BCUT2D eigenvalue weighted by Crippen LogP contribution is 2.58. The molecule has 1 heterocycles. The predicted molar refractivity (Wildman–Crippen MR) is 97.8 cm³/mol. The van der Waals surface area contributed by atoms with Crippen LogP contribution in [-0.2, 0) is 9.53 Å². The van der Waals surface area contributed by atoms with Gasteiger partial charge < -0.3 is 20.7 Å². The van der Waals surface area contributed by atoms with Crippen LogP contribution in [0.1, 0.15) is 43.5 Å². The van der Waals surface area contributed by atoms with Gasteiger partial charge in [0.15, 0.2) is 0 Å². The first-order chi connectivity index (χ1) is 12.1. The third kappa shape index (κ3) is 3.79. The lowest BCUT2D eigenvalue weighted by Gasteiger charge is -2.23. The molecule has 136 valence electrons. The summed E-state index contributed by atoms with van der Waals surface area (Å²) in [6, 6.07) is 5.24. The largest absolute Gasteiger partial charge is 0.462 e. The normalized spacial score (nSPS) is 20.8. The zero-order chi connectivity index (χ0) is 17.9. The quantitative estimate of drug-likeness (QED) is 0.691. The van der Waals surface area contributed by atoms with Crippen molar-refractivity contribution in [2.75, 3.05) is 36.9 Å². The van der Waals surface area contributed by atoms with Gasteiger partial charge in [-0.15, -0.1) is 0 Å². The van der Waals surface area contributed by atoms with E-state index in [9.17, 15) is 9.59 Å². The minimum absolute atomic E-state index is 0.0575. The number of hydrogen-bond donors (Lipinski definition) is 3. The molecule has 6 heteroatoms. The standard InChI is InChI=1S/C19H27N3O3/c1-3-21-15-6-5-13(18(24)25-4-2)11-16(15)22-17(23)14-12-19(14)7-9-20-10-8-19/h5-6,11,14,20-21H,3-4,7-10,12H2,1-2H3,(H,22,23). The molecule has 1 unspecified atom stereocenters. The van der Waals surface area contributed by atoms with Crippen LogP contribution in [0, 0.1) is 11.3 Å². The van der Waals surface area contributed by atoms with E-state index in [1.165, 1.54) is 0 Å². The molecule has 1 aliphatic carbocycles. The monoisotopic (exact) mass is 345 g/mol. The maximum absolute atomic E-state index is 12.7. The van der Waals surface area contributed by atoms with Crippen LogP contribution in [0.5, 0.6) is 0 Å². The Morgan fingerprint density at radius 2 is 2.00 bits per heavy atom. The third-order valence-corrected chi connectivity index (χ3v) is 5.26. The van der Waals surface area contributed by atoms with Crippen LogP contribution in [0.2, 0.25) is 0 Å². The smallest absolute Gasteiger partial charge is 0.338 e. The predicted octanol–water partition coefficient (Wildman–Crippen LogP) is 2.62. The molecular formula is C19H27N3O3. The molecule has 25 heavy (non-hydrogen) atoms. The van der Waals surface area contributed by atoms with E-state index in [2.05, 4.69) is 16.0 Å². The van der Waals surface area contributed by atoms with Gasteiger partial charge in [-0.25, -0.2) is 4.79 Å². The van der Waals surface area contributed by atoms with E-state index in [4.69, 9.17) is 4.74 Å². The van der Waals surface area contributed by atoms with Gasteiger partial charge >= 0.3 is 5.97 Å². The van der Waals surface area contributed by atoms with Crippen LogP contribution in [0.25, 0.3) is 0 Å². The number of carbonyl (C=O) groups excluding carboxylic acids is 2. The molecule has 6 nitrogen and oxygen atoms in total. The molecule has 2 aliphatic rings. The average Bonchev–Trinajstić information content (AvgIpc) is 3.30. The Morgan fingerprint density at radius 1 is 1.24 bits per heavy atom.